The van der Waals surface area contributed by atoms with Crippen molar-refractivity contribution >= 4 is 23.9 Å². The van der Waals surface area contributed by atoms with Gasteiger partial charge < -0.3 is 179 Å². The Morgan fingerprint density at radius 3 is 1.69 bits per heavy atom. The first-order valence-electron chi connectivity index (χ1n) is 45.8. The molecule has 12 aliphatic rings. The molecule has 7 saturated heterocycles. The maximum Gasteiger partial charge on any atom is 0.317 e. The van der Waals surface area contributed by atoms with Crippen molar-refractivity contribution in [3.8, 4) is 0 Å². The molecule has 0 radical (unpaired) electrons. The third kappa shape index (κ3) is 20.2. The Bertz CT molecular complexity index is 3670. The number of rotatable bonds is 33. The maximum atomic E-state index is 16.3. The van der Waals surface area contributed by atoms with Crippen LogP contribution in [0.2, 0.25) is 0 Å². The van der Waals surface area contributed by atoms with E-state index in [2.05, 4.69) is 46.0 Å². The molecule has 5 aliphatic carbocycles. The SMILES string of the molecule is CC[C@@H](C)C(CC(=O)C[C@@H](O)C[C@H](O[C@@H]1O[C@@H](CC)[C@@H](O)C1O)[C@H](C)CC)C[C@H](O)CC(=O)N[C@H]1C(CO)O[C@@H](OC(=O)[C@]23CCC(C)(C)CC2C2=CCC4C5(C)CC[C@H](O[C@@H]6OC[C@@H](O)[C@H](O[C@@H]7OC[C@@H](O)[C@H](O)C7O)C6O[C@@H]6OC(CO)[C@H](O)[C@H](O)C6O)[C@](C)(C=O)[C@@H]5CC[C@]4(C)[C@]2(C)CC3O)[C@H](O[C@@H]2OC(C)[C@H](O[C@@H]3OC[C@@H](O)C(O)[C@H]3O)C(O)[C@@H]2O)C1O. The Morgan fingerprint density at radius 2 is 1.08 bits per heavy atom. The lowest BCUT2D eigenvalue weighted by molar-refractivity contribution is -0.384. The van der Waals surface area contributed by atoms with E-state index < -0.39 is 323 Å². The van der Waals surface area contributed by atoms with Gasteiger partial charge in [0.2, 0.25) is 12.2 Å². The highest BCUT2D eigenvalue weighted by molar-refractivity contribution is 5.80. The monoisotopic (exact) mass is 1820 g/mol. The molecule has 7 aliphatic heterocycles. The molecule has 12 rings (SSSR count). The van der Waals surface area contributed by atoms with E-state index in [0.29, 0.717) is 57.8 Å². The molecular formula is C88H145NO38. The van der Waals surface area contributed by atoms with Crippen molar-refractivity contribution in [3.63, 3.8) is 0 Å². The summed E-state index contributed by atoms with van der Waals surface area (Å²) in [5, 5.41) is 227. The highest BCUT2D eigenvalue weighted by Crippen LogP contribution is 2.76. The molecule has 11 fully saturated rings. The Balaban J connectivity index is 0.781. The number of esters is 1. The van der Waals surface area contributed by atoms with E-state index in [1.807, 2.05) is 27.7 Å². The van der Waals surface area contributed by atoms with Crippen LogP contribution in [0, 0.1) is 68.0 Å². The van der Waals surface area contributed by atoms with Gasteiger partial charge >= 0.3 is 5.97 Å². The average Bonchev–Trinajstić information content (AvgIpc) is 0.759. The van der Waals surface area contributed by atoms with Crippen LogP contribution in [0.1, 0.15) is 192 Å². The summed E-state index contributed by atoms with van der Waals surface area (Å²) in [6.07, 6.45) is -49.6. The lowest BCUT2D eigenvalue weighted by atomic mass is 9.33. The van der Waals surface area contributed by atoms with Crippen molar-refractivity contribution in [1.29, 1.82) is 0 Å². The molecule has 0 spiro atoms. The quantitative estimate of drug-likeness (QED) is 0.0135. The zero-order valence-corrected chi connectivity index (χ0v) is 74.8. The van der Waals surface area contributed by atoms with Crippen molar-refractivity contribution in [3.05, 3.63) is 11.6 Å². The number of hydrogen-bond acceptors (Lipinski definition) is 38. The summed E-state index contributed by atoms with van der Waals surface area (Å²) in [7, 11) is 0. The molecule has 15 unspecified atom stereocenters. The van der Waals surface area contributed by atoms with E-state index in [1.165, 1.54) is 6.92 Å². The van der Waals surface area contributed by atoms with Gasteiger partial charge in [-0.25, -0.2) is 0 Å². The molecule has 0 aromatic rings. The number of aliphatic hydroxyl groups is 20. The van der Waals surface area contributed by atoms with E-state index in [4.69, 9.17) is 66.3 Å². The lowest BCUT2D eigenvalue weighted by Gasteiger charge is -2.71. The normalized spacial score (nSPS) is 48.4. The second-order valence-electron chi connectivity index (χ2n) is 40.5. The number of carbonyl (C=O) groups is 4. The molecule has 127 heavy (non-hydrogen) atoms. The number of Topliss-reactive ketones (excluding diaryl/α,β-unsaturated/α-hetero) is 1. The highest BCUT2D eigenvalue weighted by atomic mass is 16.8. The van der Waals surface area contributed by atoms with Gasteiger partial charge in [0.1, 0.15) is 140 Å². The third-order valence-corrected chi connectivity index (χ3v) is 32.0. The fourth-order valence-electron chi connectivity index (χ4n) is 23.5. The third-order valence-electron chi connectivity index (χ3n) is 32.0. The van der Waals surface area contributed by atoms with Crippen molar-refractivity contribution in [2.45, 2.75) is 413 Å². The summed E-state index contributed by atoms with van der Waals surface area (Å²) in [5.41, 5.74) is -4.90. The standard InChI is InChI=1S/C88H145NO38/c1-13-37(4)40(24-41(93)26-43(95)27-50(38(5)14-2)119-78-68(110)61(103)49(15-3)118-78)25-42(94)28-57(100)89-58-51(31-90)120-81(73(63(58)105)125-77-70(112)65(107)71(39(6)117-77)123-75-66(108)59(101)46(96)33-114-75)127-82(113)88-23-22-83(7,8)29-45(88)44-16-17-54-84(9)20-19-56(85(10,36-92)53(84)18-21-86(54,11)87(44,12)30-55(88)99)122-80-74(126-79-69(111)64(106)62(104)52(32-91)121-79)72(48(98)35-116-80)124-76-67(109)60(102)47(97)34-115-76/h16,36-40,42-43,45-56,58-81,90-91,94-99,101-112H,13-15,17-35H2,1-12H3,(H,89,100)/t37-,38-,39?,40?,42+,43-,45?,46-,47-,48-,49+,50+,51?,52?,53-,54?,55?,56+,58+,59?,60+,61-,62+,63?,64+,65?,66-,67?,68?,69?,70+,71+,72+,73-,74?,75+,76+,77+,78+,79+,80+,81+,84?,85-,86+,87-,88-/m1/s1. The molecule has 4 saturated carbocycles. The molecule has 0 aromatic carbocycles. The maximum absolute atomic E-state index is 16.3. The highest BCUT2D eigenvalue weighted by Gasteiger charge is 2.73. The van der Waals surface area contributed by atoms with Crippen molar-refractivity contribution in [2.75, 3.05) is 33.0 Å². The average molecular weight is 1830 g/mol. The van der Waals surface area contributed by atoms with Gasteiger partial charge in [-0.1, -0.05) is 101 Å². The summed E-state index contributed by atoms with van der Waals surface area (Å²) in [5.74, 6) is -4.48. The molecule has 39 nitrogen and oxygen atoms in total. The molecule has 39 heteroatoms. The number of aliphatic hydroxyl groups excluding tert-OH is 20. The number of aldehydes is 1. The fourth-order valence-corrected chi connectivity index (χ4v) is 23.5. The number of ether oxygens (including phenoxy) is 14. The Kier molecular flexibility index (Phi) is 33.4. The van der Waals surface area contributed by atoms with Crippen LogP contribution in [-0.4, -0.2) is 380 Å². The van der Waals surface area contributed by atoms with Crippen molar-refractivity contribution in [2.24, 2.45) is 68.0 Å². The number of fused-ring (bicyclic) bond motifs is 7. The Hall–Kier alpha value is -3.30. The first-order valence-corrected chi connectivity index (χ1v) is 45.8. The zero-order valence-electron chi connectivity index (χ0n) is 74.8. The van der Waals surface area contributed by atoms with Crippen LogP contribution in [0.15, 0.2) is 11.6 Å². The van der Waals surface area contributed by atoms with Gasteiger partial charge in [-0.2, -0.15) is 0 Å². The largest absolute Gasteiger partial charge is 0.432 e. The first-order chi connectivity index (χ1) is 59.7. The summed E-state index contributed by atoms with van der Waals surface area (Å²) in [6, 6.07) is -1.68. The topological polar surface area (TPSA) is 614 Å². The van der Waals surface area contributed by atoms with Crippen molar-refractivity contribution < 1.29 is 188 Å². The second kappa shape index (κ2) is 41.3. The number of amides is 1. The van der Waals surface area contributed by atoms with Crippen LogP contribution < -0.4 is 5.32 Å². The van der Waals surface area contributed by atoms with E-state index in [1.54, 1.807) is 13.8 Å². The Morgan fingerprint density at radius 1 is 0.528 bits per heavy atom. The van der Waals surface area contributed by atoms with Gasteiger partial charge in [0.05, 0.1) is 93.6 Å². The van der Waals surface area contributed by atoms with Gasteiger partial charge in [-0.15, -0.1) is 0 Å². The molecule has 1 amide bonds. The predicted octanol–water partition coefficient (Wildman–Crippen LogP) is -2.98. The molecule has 730 valence electrons. The smallest absolute Gasteiger partial charge is 0.317 e. The number of carbonyl (C=O) groups excluding carboxylic acids is 4. The minimum absolute atomic E-state index is 0.00110. The second-order valence-corrected chi connectivity index (χ2v) is 40.5. The van der Waals surface area contributed by atoms with Crippen LogP contribution in [-0.2, 0) is 85.5 Å². The van der Waals surface area contributed by atoms with Gasteiger partial charge in [0.25, 0.3) is 0 Å². The summed E-state index contributed by atoms with van der Waals surface area (Å²) in [6.45, 7) is 19.9. The minimum Gasteiger partial charge on any atom is -0.432 e. The molecule has 0 aromatic heterocycles. The van der Waals surface area contributed by atoms with E-state index in [9.17, 15) is 117 Å². The predicted molar refractivity (Wildman–Crippen MR) is 435 cm³/mol. The Labute approximate surface area is 739 Å². The lowest BCUT2D eigenvalue weighted by Crippen LogP contribution is -2.70. The number of allylic oxidation sites excluding steroid dienone is 2. The van der Waals surface area contributed by atoms with Gasteiger partial charge in [0.15, 0.2) is 43.8 Å². The molecule has 0 bridgehead atoms. The molecular weight excluding hydrogens is 1680 g/mol. The summed E-state index contributed by atoms with van der Waals surface area (Å²) in [4.78, 5) is 59.0. The van der Waals surface area contributed by atoms with Gasteiger partial charge in [-0.05, 0) is 135 Å². The van der Waals surface area contributed by atoms with Gasteiger partial charge in [-0.3, -0.25) is 14.4 Å². The van der Waals surface area contributed by atoms with E-state index >= 15 is 4.79 Å². The number of hydrogen-bond donors (Lipinski definition) is 21. The summed E-state index contributed by atoms with van der Waals surface area (Å²) < 4.78 is 85.8. The van der Waals surface area contributed by atoms with Crippen LogP contribution in [0.3, 0.4) is 0 Å². The first kappa shape index (κ1) is 103. The summed E-state index contributed by atoms with van der Waals surface area (Å²) >= 11 is 0. The molecule has 21 N–H and O–H groups in total. The number of ketones is 1. The molecule has 47 atom stereocenters. The zero-order chi connectivity index (χ0) is 93.1. The number of nitrogens with one attached hydrogen (secondary N) is 1. The van der Waals surface area contributed by atoms with E-state index in [0.717, 1.165) is 11.9 Å². The molecule has 7 heterocycles. The van der Waals surface area contributed by atoms with Crippen LogP contribution in [0.4, 0.5) is 0 Å². The van der Waals surface area contributed by atoms with E-state index in [-0.39, 0.29) is 68.5 Å². The van der Waals surface area contributed by atoms with Crippen LogP contribution in [0.5, 0.6) is 0 Å². The minimum atomic E-state index is -2.11. The van der Waals surface area contributed by atoms with Crippen LogP contribution in [0.25, 0.3) is 0 Å². The fraction of sp³-hybridized carbons (Fsp3) is 0.932. The van der Waals surface area contributed by atoms with Crippen LogP contribution >= 0.6 is 0 Å². The van der Waals surface area contributed by atoms with Crippen molar-refractivity contribution in [1.82, 2.24) is 5.32 Å². The van der Waals surface area contributed by atoms with Gasteiger partial charge in [0, 0.05) is 19.3 Å².